The van der Waals surface area contributed by atoms with Crippen LogP contribution in [-0.2, 0) is 16.1 Å². The number of amides is 2. The lowest BCUT2D eigenvalue weighted by Gasteiger charge is -2.35. The van der Waals surface area contributed by atoms with Crippen LogP contribution in [0.1, 0.15) is 22.5 Å². The number of hydrogen-bond acceptors (Lipinski definition) is 9. The lowest BCUT2D eigenvalue weighted by molar-refractivity contribution is -0.150. The summed E-state index contributed by atoms with van der Waals surface area (Å²) in [6.07, 6.45) is -2.34. The Balaban J connectivity index is 1.36. The van der Waals surface area contributed by atoms with Gasteiger partial charge in [0, 0.05) is 38.9 Å². The second-order valence-corrected chi connectivity index (χ2v) is 7.26. The maximum atomic E-state index is 12.9. The highest BCUT2D eigenvalue weighted by molar-refractivity contribution is 5.88. The van der Waals surface area contributed by atoms with E-state index in [0.29, 0.717) is 32.7 Å². The third kappa shape index (κ3) is 4.03. The van der Waals surface area contributed by atoms with Crippen molar-refractivity contribution in [2.75, 3.05) is 26.2 Å². The van der Waals surface area contributed by atoms with Crippen molar-refractivity contribution in [2.24, 2.45) is 5.73 Å². The Morgan fingerprint density at radius 3 is 2.53 bits per heavy atom. The molecule has 2 aliphatic heterocycles. The third-order valence-electron chi connectivity index (χ3n) is 5.27. The van der Waals surface area contributed by atoms with Gasteiger partial charge in [-0.15, -0.1) is 5.10 Å². The molecule has 0 aliphatic carbocycles. The number of hydrogen-bond donors (Lipinski definition) is 3. The van der Waals surface area contributed by atoms with Crippen molar-refractivity contribution in [2.45, 2.75) is 31.1 Å². The van der Waals surface area contributed by atoms with Crippen LogP contribution < -0.4 is 5.73 Å². The number of primary amides is 1. The van der Waals surface area contributed by atoms with Crippen molar-refractivity contribution in [1.82, 2.24) is 29.5 Å². The molecule has 0 saturated carbocycles. The van der Waals surface area contributed by atoms with Gasteiger partial charge in [0.1, 0.15) is 18.5 Å². The van der Waals surface area contributed by atoms with Crippen molar-refractivity contribution >= 4 is 11.8 Å². The van der Waals surface area contributed by atoms with E-state index in [1.165, 1.54) is 0 Å². The summed E-state index contributed by atoms with van der Waals surface area (Å²) < 4.78 is 6.67. The van der Waals surface area contributed by atoms with Gasteiger partial charge in [-0.25, -0.2) is 9.67 Å². The molecule has 2 fully saturated rings. The molecule has 2 amide bonds. The molecule has 0 bridgehead atoms. The highest BCUT2D eigenvalue weighted by Crippen LogP contribution is 2.30. The van der Waals surface area contributed by atoms with Gasteiger partial charge in [-0.3, -0.25) is 19.5 Å². The molecule has 2 aromatic rings. The minimum absolute atomic E-state index is 0.251. The van der Waals surface area contributed by atoms with E-state index >= 15 is 0 Å². The Hall–Kier alpha value is -2.93. The summed E-state index contributed by atoms with van der Waals surface area (Å²) in [4.78, 5) is 35.9. The molecule has 0 radical (unpaired) electrons. The van der Waals surface area contributed by atoms with Crippen LogP contribution in [0.5, 0.6) is 0 Å². The van der Waals surface area contributed by atoms with E-state index in [0.717, 1.165) is 16.7 Å². The molecule has 0 aromatic carbocycles. The van der Waals surface area contributed by atoms with Crippen molar-refractivity contribution in [3.63, 3.8) is 0 Å². The second-order valence-electron chi connectivity index (χ2n) is 7.26. The fourth-order valence-electron chi connectivity index (χ4n) is 3.62. The van der Waals surface area contributed by atoms with Crippen LogP contribution in [0.15, 0.2) is 30.7 Å². The number of ether oxygens (including phenoxy) is 1. The molecular weight excluding hydrogens is 394 g/mol. The van der Waals surface area contributed by atoms with E-state index < -0.39 is 36.4 Å². The van der Waals surface area contributed by atoms with E-state index in [4.69, 9.17) is 10.5 Å². The minimum Gasteiger partial charge on any atom is -0.387 e. The predicted molar refractivity (Wildman–Crippen MR) is 101 cm³/mol. The maximum Gasteiger partial charge on any atom is 0.288 e. The van der Waals surface area contributed by atoms with Crippen molar-refractivity contribution in [3.8, 4) is 0 Å². The van der Waals surface area contributed by atoms with E-state index in [1.807, 2.05) is 18.2 Å². The van der Waals surface area contributed by atoms with Crippen LogP contribution in [0.25, 0.3) is 0 Å². The molecule has 4 heterocycles. The first kappa shape index (κ1) is 20.3. The number of aliphatic hydroxyl groups is 2. The van der Waals surface area contributed by atoms with Crippen LogP contribution in [0, 0.1) is 0 Å². The fraction of sp³-hybridized carbons (Fsp3) is 0.500. The molecule has 160 valence electrons. The molecule has 2 aliphatic rings. The third-order valence-corrected chi connectivity index (χ3v) is 5.27. The minimum atomic E-state index is -1.43. The number of aromatic nitrogens is 4. The summed E-state index contributed by atoms with van der Waals surface area (Å²) in [5.41, 5.74) is 6.08. The Morgan fingerprint density at radius 1 is 1.13 bits per heavy atom. The van der Waals surface area contributed by atoms with Gasteiger partial charge < -0.3 is 25.6 Å². The highest BCUT2D eigenvalue weighted by atomic mass is 16.6. The lowest BCUT2D eigenvalue weighted by Crippen LogP contribution is -2.53. The van der Waals surface area contributed by atoms with E-state index in [1.54, 1.807) is 11.1 Å². The van der Waals surface area contributed by atoms with Crippen LogP contribution in [0.4, 0.5) is 0 Å². The normalized spacial score (nSPS) is 27.3. The lowest BCUT2D eigenvalue weighted by atomic mass is 10.1. The Morgan fingerprint density at radius 2 is 1.90 bits per heavy atom. The van der Waals surface area contributed by atoms with Gasteiger partial charge in [-0.05, 0) is 12.1 Å². The molecule has 12 nitrogen and oxygen atoms in total. The monoisotopic (exact) mass is 417 g/mol. The Kier molecular flexibility index (Phi) is 5.72. The zero-order valence-corrected chi connectivity index (χ0v) is 16.1. The van der Waals surface area contributed by atoms with E-state index in [9.17, 15) is 19.8 Å². The number of aliphatic hydroxyl groups excluding tert-OH is 2. The van der Waals surface area contributed by atoms with Gasteiger partial charge in [-0.1, -0.05) is 6.07 Å². The number of carbonyl (C=O) groups excluding carboxylic acids is 2. The molecular formula is C18H23N7O5. The molecule has 4 rings (SSSR count). The van der Waals surface area contributed by atoms with Crippen molar-refractivity contribution in [1.29, 1.82) is 0 Å². The van der Waals surface area contributed by atoms with Gasteiger partial charge in [-0.2, -0.15) is 0 Å². The van der Waals surface area contributed by atoms with Crippen LogP contribution in [0.2, 0.25) is 0 Å². The number of nitrogens with zero attached hydrogens (tertiary/aromatic N) is 6. The quantitative estimate of drug-likeness (QED) is 0.487. The molecule has 30 heavy (non-hydrogen) atoms. The van der Waals surface area contributed by atoms with Gasteiger partial charge in [0.2, 0.25) is 5.82 Å². The van der Waals surface area contributed by atoms with Gasteiger partial charge >= 0.3 is 0 Å². The zero-order chi connectivity index (χ0) is 21.3. The summed E-state index contributed by atoms with van der Waals surface area (Å²) in [5, 5.41) is 24.5. The molecule has 0 spiro atoms. The first-order valence-electron chi connectivity index (χ1n) is 9.57. The number of carbonyl (C=O) groups is 2. The SMILES string of the molecule is NC(=O)c1ncn([C@@H]2O[C@H](C(=O)N3CCN(Cc4ccccn4)CC3)[C@@H](O)[C@H]2O)n1. The number of rotatable bonds is 5. The second kappa shape index (κ2) is 8.44. The summed E-state index contributed by atoms with van der Waals surface area (Å²) >= 11 is 0. The molecule has 4 atom stereocenters. The van der Waals surface area contributed by atoms with Crippen LogP contribution in [0.3, 0.4) is 0 Å². The number of piperazine rings is 1. The predicted octanol–water partition coefficient (Wildman–Crippen LogP) is -2.26. The average Bonchev–Trinajstić information content (AvgIpc) is 3.35. The smallest absolute Gasteiger partial charge is 0.288 e. The summed E-state index contributed by atoms with van der Waals surface area (Å²) in [5.74, 6) is -1.49. The van der Waals surface area contributed by atoms with Crippen LogP contribution in [-0.4, -0.2) is 96.1 Å². The standard InChI is InChI=1S/C18H23N7O5/c19-15(28)16-21-10-25(22-16)18-13(27)12(26)14(30-18)17(29)24-7-5-23(6-8-24)9-11-3-1-2-4-20-11/h1-4,10,12-14,18,26-27H,5-9H2,(H2,19,28)/t12-,13+,14-,18+/m0/s1. The Bertz CT molecular complexity index is 899. The summed E-state index contributed by atoms with van der Waals surface area (Å²) in [6.45, 7) is 2.94. The van der Waals surface area contributed by atoms with Gasteiger partial charge in [0.25, 0.3) is 11.8 Å². The molecule has 4 N–H and O–H groups in total. The topological polar surface area (TPSA) is 160 Å². The molecule has 12 heteroatoms. The number of pyridine rings is 1. The fourth-order valence-corrected chi connectivity index (χ4v) is 3.62. The largest absolute Gasteiger partial charge is 0.387 e. The van der Waals surface area contributed by atoms with Crippen molar-refractivity contribution in [3.05, 3.63) is 42.2 Å². The maximum absolute atomic E-state index is 12.9. The van der Waals surface area contributed by atoms with Gasteiger partial charge in [0.15, 0.2) is 12.3 Å². The zero-order valence-electron chi connectivity index (χ0n) is 16.1. The molecule has 2 aromatic heterocycles. The van der Waals surface area contributed by atoms with Crippen molar-refractivity contribution < 1.29 is 24.5 Å². The first-order valence-corrected chi connectivity index (χ1v) is 9.57. The molecule has 2 saturated heterocycles. The average molecular weight is 417 g/mol. The summed E-state index contributed by atoms with van der Waals surface area (Å²) in [6, 6.07) is 5.75. The number of nitrogens with two attached hydrogens (primary N) is 1. The van der Waals surface area contributed by atoms with E-state index in [2.05, 4.69) is 20.0 Å². The molecule has 0 unspecified atom stereocenters. The Labute approximate surface area is 171 Å². The van der Waals surface area contributed by atoms with Crippen LogP contribution >= 0.6 is 0 Å². The van der Waals surface area contributed by atoms with Gasteiger partial charge in [0.05, 0.1) is 5.69 Å². The summed E-state index contributed by atoms with van der Waals surface area (Å²) in [7, 11) is 0. The first-order chi connectivity index (χ1) is 14.4. The van der Waals surface area contributed by atoms with E-state index in [-0.39, 0.29) is 5.82 Å². The highest BCUT2D eigenvalue weighted by Gasteiger charge is 2.49.